The molecule has 140 valence electrons. The summed E-state index contributed by atoms with van der Waals surface area (Å²) < 4.78 is 0.797. The van der Waals surface area contributed by atoms with Gasteiger partial charge in [0.05, 0.1) is 0 Å². The predicted molar refractivity (Wildman–Crippen MR) is 112 cm³/mol. The van der Waals surface area contributed by atoms with Crippen molar-refractivity contribution in [2.75, 3.05) is 27.2 Å². The minimum atomic E-state index is -0.0911. The molecule has 0 fully saturated rings. The molecule has 0 bridgehead atoms. The van der Waals surface area contributed by atoms with E-state index in [0.717, 1.165) is 34.0 Å². The summed E-state index contributed by atoms with van der Waals surface area (Å²) in [4.78, 5) is 18.6. The largest absolute Gasteiger partial charge is 0.506 e. The van der Waals surface area contributed by atoms with Gasteiger partial charge in [0.2, 0.25) is 0 Å². The van der Waals surface area contributed by atoms with Crippen LogP contribution in [0.25, 0.3) is 22.0 Å². The van der Waals surface area contributed by atoms with Crippen molar-refractivity contribution in [3.63, 3.8) is 0 Å². The maximum Gasteiger partial charge on any atom is 0.251 e. The molecule has 0 unspecified atom stereocenters. The van der Waals surface area contributed by atoms with Crippen molar-refractivity contribution in [3.8, 4) is 16.9 Å². The monoisotopic (exact) mass is 427 g/mol. The molecule has 3 aromatic rings. The Morgan fingerprint density at radius 1 is 1.22 bits per heavy atom. The van der Waals surface area contributed by atoms with Gasteiger partial charge in [-0.2, -0.15) is 0 Å². The highest BCUT2D eigenvalue weighted by Gasteiger charge is 2.12. The number of amides is 1. The van der Waals surface area contributed by atoms with E-state index in [4.69, 9.17) is 0 Å². The lowest BCUT2D eigenvalue weighted by Gasteiger charge is -2.11. The van der Waals surface area contributed by atoms with E-state index in [2.05, 4.69) is 31.1 Å². The van der Waals surface area contributed by atoms with Crippen molar-refractivity contribution in [3.05, 3.63) is 58.7 Å². The summed E-state index contributed by atoms with van der Waals surface area (Å²) in [5, 5.41) is 14.1. The number of phenols is 1. The quantitative estimate of drug-likeness (QED) is 0.582. The van der Waals surface area contributed by atoms with Crippen molar-refractivity contribution >= 4 is 32.7 Å². The standard InChI is InChI=1S/C21H22BrN3O2/c1-25(2)10-4-9-24-21(27)15-6-7-17(18(22)12-15)16-11-14-5-3-8-23-20(14)19(26)13-16/h3,5-8,11-13,26H,4,9-10H2,1-2H3,(H,24,27). The summed E-state index contributed by atoms with van der Waals surface area (Å²) in [7, 11) is 4.02. The van der Waals surface area contributed by atoms with E-state index in [1.54, 1.807) is 24.4 Å². The van der Waals surface area contributed by atoms with E-state index in [1.165, 1.54) is 0 Å². The van der Waals surface area contributed by atoms with Crippen molar-refractivity contribution < 1.29 is 9.90 Å². The third kappa shape index (κ3) is 4.64. The molecule has 1 heterocycles. The highest BCUT2D eigenvalue weighted by molar-refractivity contribution is 9.10. The highest BCUT2D eigenvalue weighted by atomic mass is 79.9. The number of rotatable bonds is 6. The third-order valence-electron chi connectivity index (χ3n) is 4.29. The molecule has 27 heavy (non-hydrogen) atoms. The van der Waals surface area contributed by atoms with Crippen LogP contribution in [0.4, 0.5) is 0 Å². The summed E-state index contributed by atoms with van der Waals surface area (Å²) >= 11 is 3.56. The molecule has 1 amide bonds. The van der Waals surface area contributed by atoms with Crippen LogP contribution in [0.15, 0.2) is 53.1 Å². The maximum atomic E-state index is 12.3. The Morgan fingerprint density at radius 2 is 2.04 bits per heavy atom. The van der Waals surface area contributed by atoms with E-state index in [-0.39, 0.29) is 11.7 Å². The Hall–Kier alpha value is -2.44. The van der Waals surface area contributed by atoms with Crippen LogP contribution >= 0.6 is 15.9 Å². The van der Waals surface area contributed by atoms with Gasteiger partial charge in [0.15, 0.2) is 0 Å². The lowest BCUT2D eigenvalue weighted by atomic mass is 10.0. The maximum absolute atomic E-state index is 12.3. The Labute approximate surface area is 167 Å². The number of pyridine rings is 1. The minimum absolute atomic E-state index is 0.0911. The number of halogens is 1. The third-order valence-corrected chi connectivity index (χ3v) is 4.95. The van der Waals surface area contributed by atoms with Crippen LogP contribution in [-0.4, -0.2) is 48.1 Å². The molecule has 0 radical (unpaired) electrons. The molecule has 5 nitrogen and oxygen atoms in total. The van der Waals surface area contributed by atoms with Crippen molar-refractivity contribution in [1.82, 2.24) is 15.2 Å². The first-order chi connectivity index (χ1) is 13.0. The van der Waals surface area contributed by atoms with Gasteiger partial charge in [-0.25, -0.2) is 0 Å². The minimum Gasteiger partial charge on any atom is -0.506 e. The summed E-state index contributed by atoms with van der Waals surface area (Å²) in [6, 6.07) is 12.9. The zero-order valence-electron chi connectivity index (χ0n) is 15.4. The number of aromatic nitrogens is 1. The molecule has 0 aliphatic carbocycles. The second-order valence-corrected chi connectivity index (χ2v) is 7.53. The van der Waals surface area contributed by atoms with E-state index in [0.29, 0.717) is 17.6 Å². The van der Waals surface area contributed by atoms with Crippen LogP contribution in [-0.2, 0) is 0 Å². The summed E-state index contributed by atoms with van der Waals surface area (Å²) in [6.07, 6.45) is 2.56. The number of carbonyl (C=O) groups is 1. The average molecular weight is 428 g/mol. The van der Waals surface area contributed by atoms with Gasteiger partial charge in [-0.1, -0.05) is 28.1 Å². The van der Waals surface area contributed by atoms with Crippen LogP contribution < -0.4 is 5.32 Å². The number of phenolic OH excluding ortho intramolecular Hbond substituents is 1. The zero-order valence-corrected chi connectivity index (χ0v) is 17.0. The van der Waals surface area contributed by atoms with Gasteiger partial charge < -0.3 is 15.3 Å². The van der Waals surface area contributed by atoms with Crippen LogP contribution in [0, 0.1) is 0 Å². The Balaban J connectivity index is 1.80. The molecule has 3 rings (SSSR count). The number of hydrogen-bond donors (Lipinski definition) is 2. The van der Waals surface area contributed by atoms with Crippen LogP contribution in [0.5, 0.6) is 5.75 Å². The zero-order chi connectivity index (χ0) is 19.4. The molecule has 0 spiro atoms. The van der Waals surface area contributed by atoms with E-state index < -0.39 is 0 Å². The first-order valence-corrected chi connectivity index (χ1v) is 9.55. The van der Waals surface area contributed by atoms with Gasteiger partial charge in [-0.3, -0.25) is 9.78 Å². The Bertz CT molecular complexity index is 973. The normalized spacial score (nSPS) is 11.1. The molecule has 6 heteroatoms. The second-order valence-electron chi connectivity index (χ2n) is 6.68. The number of carbonyl (C=O) groups excluding carboxylic acids is 1. The van der Waals surface area contributed by atoms with E-state index >= 15 is 0 Å². The molecular formula is C21H22BrN3O2. The molecule has 0 atom stereocenters. The summed E-state index contributed by atoms with van der Waals surface area (Å²) in [5.41, 5.74) is 2.94. The second kappa shape index (κ2) is 8.50. The van der Waals surface area contributed by atoms with Crippen LogP contribution in [0.2, 0.25) is 0 Å². The average Bonchev–Trinajstić information content (AvgIpc) is 2.64. The fourth-order valence-electron chi connectivity index (χ4n) is 2.92. The molecule has 2 aromatic carbocycles. The number of hydrogen-bond acceptors (Lipinski definition) is 4. The number of benzene rings is 2. The van der Waals surface area contributed by atoms with Gasteiger partial charge in [0, 0.05) is 28.2 Å². The number of fused-ring (bicyclic) bond motifs is 1. The molecule has 0 saturated carbocycles. The number of nitrogens with zero attached hydrogens (tertiary/aromatic N) is 2. The van der Waals surface area contributed by atoms with Gasteiger partial charge in [0.25, 0.3) is 5.91 Å². The first kappa shape index (κ1) is 19.3. The molecule has 0 aliphatic rings. The smallest absolute Gasteiger partial charge is 0.251 e. The molecular weight excluding hydrogens is 406 g/mol. The fourth-order valence-corrected chi connectivity index (χ4v) is 3.53. The van der Waals surface area contributed by atoms with Crippen molar-refractivity contribution in [2.24, 2.45) is 0 Å². The molecule has 0 aliphatic heterocycles. The topological polar surface area (TPSA) is 65.5 Å². The van der Waals surface area contributed by atoms with Crippen molar-refractivity contribution in [2.45, 2.75) is 6.42 Å². The molecule has 1 aromatic heterocycles. The van der Waals surface area contributed by atoms with Crippen molar-refractivity contribution in [1.29, 1.82) is 0 Å². The summed E-state index contributed by atoms with van der Waals surface area (Å²) in [5.74, 6) is 0.0456. The van der Waals surface area contributed by atoms with E-state index in [1.807, 2.05) is 38.4 Å². The number of nitrogens with one attached hydrogen (secondary N) is 1. The Kier molecular flexibility index (Phi) is 6.08. The van der Waals surface area contributed by atoms with Gasteiger partial charge in [0.1, 0.15) is 11.3 Å². The number of aromatic hydroxyl groups is 1. The Morgan fingerprint density at radius 3 is 2.78 bits per heavy atom. The van der Waals surface area contributed by atoms with Gasteiger partial charge >= 0.3 is 0 Å². The molecule has 0 saturated heterocycles. The van der Waals surface area contributed by atoms with Crippen LogP contribution in [0.1, 0.15) is 16.8 Å². The van der Waals surface area contributed by atoms with Crippen LogP contribution in [0.3, 0.4) is 0 Å². The molecule has 2 N–H and O–H groups in total. The van der Waals surface area contributed by atoms with E-state index in [9.17, 15) is 9.90 Å². The first-order valence-electron chi connectivity index (χ1n) is 8.76. The SMILES string of the molecule is CN(C)CCCNC(=O)c1ccc(-c2cc(O)c3ncccc3c2)c(Br)c1. The lowest BCUT2D eigenvalue weighted by Crippen LogP contribution is -2.27. The van der Waals surface area contributed by atoms with Gasteiger partial charge in [-0.15, -0.1) is 0 Å². The fraction of sp³-hybridized carbons (Fsp3) is 0.238. The lowest BCUT2D eigenvalue weighted by molar-refractivity contribution is 0.0952. The summed E-state index contributed by atoms with van der Waals surface area (Å²) in [6.45, 7) is 1.57. The predicted octanol–water partition coefficient (Wildman–Crippen LogP) is 4.05. The highest BCUT2D eigenvalue weighted by Crippen LogP contribution is 2.34. The van der Waals surface area contributed by atoms with Gasteiger partial charge in [-0.05, 0) is 68.5 Å².